The van der Waals surface area contributed by atoms with E-state index in [9.17, 15) is 14.9 Å². The maximum absolute atomic E-state index is 11.6. The number of ether oxygens (including phenoxy) is 2. The van der Waals surface area contributed by atoms with Crippen LogP contribution in [0.5, 0.6) is 11.5 Å². The summed E-state index contributed by atoms with van der Waals surface area (Å²) in [6, 6.07) is 9.83. The monoisotopic (exact) mass is 349 g/mol. The highest BCUT2D eigenvalue weighted by Crippen LogP contribution is 2.22. The molecule has 0 aliphatic rings. The van der Waals surface area contributed by atoms with Crippen LogP contribution in [0.3, 0.4) is 0 Å². The molecule has 0 radical (unpaired) electrons. The summed E-state index contributed by atoms with van der Waals surface area (Å²) in [5.41, 5.74) is 2.29. The Balaban J connectivity index is 1.76. The standard InChI is InChI=1S/C15H15N3O5S/c1-2-22-11-3-5-12(6-4-11)23-10-14(19)17-16-9-13-7-8-15(24-13)18(20)21/h3-9H,2,10H2,1H3,(H,17,19)/b16-9-. The number of hydrazone groups is 1. The lowest BCUT2D eigenvalue weighted by molar-refractivity contribution is -0.380. The summed E-state index contributed by atoms with van der Waals surface area (Å²) in [5.74, 6) is 0.821. The summed E-state index contributed by atoms with van der Waals surface area (Å²) in [6.07, 6.45) is 1.34. The molecule has 0 spiro atoms. The zero-order chi connectivity index (χ0) is 17.4. The van der Waals surface area contributed by atoms with Gasteiger partial charge in [-0.2, -0.15) is 5.10 Å². The predicted molar refractivity (Wildman–Crippen MR) is 89.8 cm³/mol. The molecule has 1 heterocycles. The number of rotatable bonds is 8. The van der Waals surface area contributed by atoms with Gasteiger partial charge in [-0.3, -0.25) is 14.9 Å². The van der Waals surface area contributed by atoms with Crippen molar-refractivity contribution in [1.29, 1.82) is 0 Å². The Morgan fingerprint density at radius 1 is 1.25 bits per heavy atom. The fourth-order valence-electron chi connectivity index (χ4n) is 1.66. The number of nitrogens with zero attached hydrogens (tertiary/aromatic N) is 2. The average molecular weight is 349 g/mol. The number of hydrogen-bond donors (Lipinski definition) is 1. The Bertz CT molecular complexity index is 727. The van der Waals surface area contributed by atoms with Crippen molar-refractivity contribution < 1.29 is 19.2 Å². The molecule has 0 aliphatic carbocycles. The van der Waals surface area contributed by atoms with Crippen LogP contribution in [0.15, 0.2) is 41.5 Å². The molecule has 0 atom stereocenters. The average Bonchev–Trinajstić information content (AvgIpc) is 3.04. The van der Waals surface area contributed by atoms with Crippen LogP contribution >= 0.6 is 11.3 Å². The van der Waals surface area contributed by atoms with Gasteiger partial charge in [-0.1, -0.05) is 11.3 Å². The van der Waals surface area contributed by atoms with Gasteiger partial charge in [-0.25, -0.2) is 5.43 Å². The van der Waals surface area contributed by atoms with Crippen LogP contribution in [-0.4, -0.2) is 30.3 Å². The van der Waals surface area contributed by atoms with Crippen LogP contribution in [-0.2, 0) is 4.79 Å². The molecule has 0 aliphatic heterocycles. The number of benzene rings is 1. The third-order valence-corrected chi connectivity index (χ3v) is 3.65. The Labute approximate surface area is 141 Å². The third-order valence-electron chi connectivity index (χ3n) is 2.68. The highest BCUT2D eigenvalue weighted by Gasteiger charge is 2.08. The maximum atomic E-state index is 11.6. The Hall–Kier alpha value is -2.94. The first kappa shape index (κ1) is 17.4. The van der Waals surface area contributed by atoms with Crippen LogP contribution in [0.2, 0.25) is 0 Å². The molecule has 1 aromatic carbocycles. The molecule has 2 rings (SSSR count). The molecule has 1 amide bonds. The smallest absolute Gasteiger partial charge is 0.324 e. The minimum Gasteiger partial charge on any atom is -0.494 e. The van der Waals surface area contributed by atoms with Gasteiger partial charge in [0.15, 0.2) is 6.61 Å². The van der Waals surface area contributed by atoms with E-state index in [1.165, 1.54) is 12.3 Å². The molecule has 0 bridgehead atoms. The molecule has 1 N–H and O–H groups in total. The summed E-state index contributed by atoms with van der Waals surface area (Å²) in [6.45, 7) is 2.27. The first-order valence-corrected chi connectivity index (χ1v) is 7.82. The van der Waals surface area contributed by atoms with E-state index in [0.717, 1.165) is 17.1 Å². The van der Waals surface area contributed by atoms with E-state index in [-0.39, 0.29) is 11.6 Å². The zero-order valence-electron chi connectivity index (χ0n) is 12.8. The first-order chi connectivity index (χ1) is 11.6. The fraction of sp³-hybridized carbons (Fsp3) is 0.200. The highest BCUT2D eigenvalue weighted by atomic mass is 32.1. The number of hydrogen-bond acceptors (Lipinski definition) is 7. The summed E-state index contributed by atoms with van der Waals surface area (Å²) in [7, 11) is 0. The van der Waals surface area contributed by atoms with Crippen LogP contribution < -0.4 is 14.9 Å². The lowest BCUT2D eigenvalue weighted by Gasteiger charge is -2.06. The van der Waals surface area contributed by atoms with Crippen molar-refractivity contribution in [3.63, 3.8) is 0 Å². The summed E-state index contributed by atoms with van der Waals surface area (Å²) >= 11 is 0.965. The van der Waals surface area contributed by atoms with Gasteiger partial charge in [0.25, 0.3) is 5.91 Å². The molecule has 126 valence electrons. The van der Waals surface area contributed by atoms with Crippen molar-refractivity contribution >= 4 is 28.5 Å². The largest absolute Gasteiger partial charge is 0.494 e. The number of carbonyl (C=O) groups is 1. The molecule has 8 nitrogen and oxygen atoms in total. The summed E-state index contributed by atoms with van der Waals surface area (Å²) in [4.78, 5) is 22.2. The zero-order valence-corrected chi connectivity index (χ0v) is 13.6. The third kappa shape index (κ3) is 5.36. The number of thiophene rings is 1. The number of nitro groups is 1. The SMILES string of the molecule is CCOc1ccc(OCC(=O)N/N=C\c2ccc([N+](=O)[O-])s2)cc1. The number of amides is 1. The molecule has 9 heteroatoms. The number of carbonyl (C=O) groups excluding carboxylic acids is 1. The Morgan fingerprint density at radius 3 is 2.50 bits per heavy atom. The molecule has 2 aromatic rings. The fourth-order valence-corrected chi connectivity index (χ4v) is 2.35. The molecule has 0 saturated carbocycles. The molecule has 0 saturated heterocycles. The van der Waals surface area contributed by atoms with Crippen LogP contribution in [0.1, 0.15) is 11.8 Å². The van der Waals surface area contributed by atoms with Crippen LogP contribution in [0.25, 0.3) is 0 Å². The molecular formula is C15H15N3O5S. The van der Waals surface area contributed by atoms with E-state index >= 15 is 0 Å². The summed E-state index contributed by atoms with van der Waals surface area (Å²) < 4.78 is 10.6. The van der Waals surface area contributed by atoms with Crippen molar-refractivity contribution in [2.45, 2.75) is 6.92 Å². The van der Waals surface area contributed by atoms with Gasteiger partial charge < -0.3 is 9.47 Å². The minimum absolute atomic E-state index is 0.0154. The van der Waals surface area contributed by atoms with Gasteiger partial charge in [-0.15, -0.1) is 0 Å². The van der Waals surface area contributed by atoms with E-state index < -0.39 is 10.8 Å². The molecule has 0 unspecified atom stereocenters. The van der Waals surface area contributed by atoms with Crippen LogP contribution in [0, 0.1) is 10.1 Å². The Kier molecular flexibility index (Phi) is 6.26. The topological polar surface area (TPSA) is 103 Å². The van der Waals surface area contributed by atoms with Gasteiger partial charge >= 0.3 is 5.00 Å². The molecule has 0 fully saturated rings. The second kappa shape index (κ2) is 8.63. The van der Waals surface area contributed by atoms with Gasteiger partial charge in [0.2, 0.25) is 0 Å². The van der Waals surface area contributed by atoms with Gasteiger partial charge in [0.1, 0.15) is 11.5 Å². The van der Waals surface area contributed by atoms with Gasteiger partial charge in [-0.05, 0) is 37.3 Å². The molecule has 1 aromatic heterocycles. The highest BCUT2D eigenvalue weighted by molar-refractivity contribution is 7.16. The second-order valence-electron chi connectivity index (χ2n) is 4.42. The molecule has 24 heavy (non-hydrogen) atoms. The minimum atomic E-state index is -0.481. The Morgan fingerprint density at radius 2 is 1.92 bits per heavy atom. The van der Waals surface area contributed by atoms with Crippen LogP contribution in [0.4, 0.5) is 5.00 Å². The van der Waals surface area contributed by atoms with E-state index in [0.29, 0.717) is 17.2 Å². The first-order valence-electron chi connectivity index (χ1n) is 7.00. The van der Waals surface area contributed by atoms with Crippen molar-refractivity contribution in [1.82, 2.24) is 5.43 Å². The van der Waals surface area contributed by atoms with E-state index in [1.54, 1.807) is 30.3 Å². The van der Waals surface area contributed by atoms with Gasteiger partial charge in [0.05, 0.1) is 22.6 Å². The van der Waals surface area contributed by atoms with Crippen molar-refractivity contribution in [2.75, 3.05) is 13.2 Å². The van der Waals surface area contributed by atoms with Gasteiger partial charge in [0, 0.05) is 6.07 Å². The normalized spacial score (nSPS) is 10.5. The van der Waals surface area contributed by atoms with Crippen molar-refractivity contribution in [3.8, 4) is 11.5 Å². The lowest BCUT2D eigenvalue weighted by atomic mass is 10.3. The quantitative estimate of drug-likeness (QED) is 0.448. The van der Waals surface area contributed by atoms with E-state index in [2.05, 4.69) is 10.5 Å². The number of nitrogens with one attached hydrogen (secondary N) is 1. The maximum Gasteiger partial charge on any atom is 0.324 e. The van der Waals surface area contributed by atoms with E-state index in [4.69, 9.17) is 9.47 Å². The van der Waals surface area contributed by atoms with Crippen molar-refractivity contribution in [2.24, 2.45) is 5.10 Å². The lowest BCUT2D eigenvalue weighted by Crippen LogP contribution is -2.24. The predicted octanol–water partition coefficient (Wildman–Crippen LogP) is 2.58. The summed E-state index contributed by atoms with van der Waals surface area (Å²) in [5, 5.41) is 14.3. The van der Waals surface area contributed by atoms with E-state index in [1.807, 2.05) is 6.92 Å². The van der Waals surface area contributed by atoms with Crippen molar-refractivity contribution in [3.05, 3.63) is 51.4 Å². The molecular weight excluding hydrogens is 334 g/mol. The second-order valence-corrected chi connectivity index (χ2v) is 5.51.